The van der Waals surface area contributed by atoms with E-state index in [2.05, 4.69) is 10.6 Å². The molecule has 1 fully saturated rings. The minimum Gasteiger partial charge on any atom is -0.495 e. The van der Waals surface area contributed by atoms with Gasteiger partial charge in [-0.25, -0.2) is 19.3 Å². The molecule has 43 heavy (non-hydrogen) atoms. The monoisotopic (exact) mass is 618 g/mol. The Morgan fingerprint density at radius 1 is 0.977 bits per heavy atom. The van der Waals surface area contributed by atoms with Crippen molar-refractivity contribution < 1.29 is 55.4 Å². The first-order valence-corrected chi connectivity index (χ1v) is 12.7. The molecule has 1 aliphatic heterocycles. The zero-order valence-electron chi connectivity index (χ0n) is 23.3. The molecule has 10 nitrogen and oxygen atoms in total. The van der Waals surface area contributed by atoms with Crippen LogP contribution >= 0.6 is 0 Å². The number of rotatable bonds is 9. The maximum atomic E-state index is 14.4. The Morgan fingerprint density at radius 2 is 1.56 bits per heavy atom. The maximum Gasteiger partial charge on any atom is 0.430 e. The van der Waals surface area contributed by atoms with Gasteiger partial charge in [0.15, 0.2) is 0 Å². The number of urea groups is 2. The fourth-order valence-electron chi connectivity index (χ4n) is 4.69. The van der Waals surface area contributed by atoms with E-state index in [9.17, 15) is 50.6 Å². The number of amides is 5. The number of halogens is 6. The summed E-state index contributed by atoms with van der Waals surface area (Å²) in [6, 6.07) is 4.78. The van der Waals surface area contributed by atoms with Crippen molar-refractivity contribution in [2.45, 2.75) is 57.7 Å². The van der Waals surface area contributed by atoms with E-state index in [1.54, 1.807) is 31.2 Å². The zero-order valence-corrected chi connectivity index (χ0v) is 23.3. The largest absolute Gasteiger partial charge is 0.495 e. The number of imide groups is 1. The highest BCUT2D eigenvalue weighted by molar-refractivity contribution is 6.10. The van der Waals surface area contributed by atoms with Crippen LogP contribution in [0, 0.1) is 12.8 Å². The van der Waals surface area contributed by atoms with E-state index in [1.807, 2.05) is 0 Å². The van der Waals surface area contributed by atoms with Gasteiger partial charge in [-0.3, -0.25) is 9.69 Å². The molecular formula is C27H28F6N4O6. The van der Waals surface area contributed by atoms with Gasteiger partial charge in [0.2, 0.25) is 0 Å². The Morgan fingerprint density at radius 3 is 2.07 bits per heavy atom. The molecular weight excluding hydrogens is 590 g/mol. The summed E-state index contributed by atoms with van der Waals surface area (Å²) in [6.07, 6.45) is -13.4. The van der Waals surface area contributed by atoms with Crippen molar-refractivity contribution in [1.29, 1.82) is 0 Å². The highest BCUT2D eigenvalue weighted by Crippen LogP contribution is 2.53. The van der Waals surface area contributed by atoms with E-state index in [4.69, 9.17) is 4.74 Å². The first-order valence-electron chi connectivity index (χ1n) is 12.7. The van der Waals surface area contributed by atoms with Gasteiger partial charge in [-0.1, -0.05) is 38.1 Å². The number of carboxylic acids is 1. The van der Waals surface area contributed by atoms with Crippen molar-refractivity contribution in [3.8, 4) is 5.75 Å². The standard InChI is InChI=1S/C27H28F6N4O6/c1-14(2)11-19(21(38)39)37-22(40)25(26(28,29)30,27(31,32)33)36(24(37)42)13-16-9-10-18(20(12-16)43-4)35-23(41)34-17-8-6-5-7-15(17)3/h5-10,12,14,19H,11,13H2,1-4H3,(H,38,39)(H2,34,35,41)/t19-/m0/s1. The quantitative estimate of drug-likeness (QED) is 0.242. The molecule has 0 aromatic heterocycles. The lowest BCUT2D eigenvalue weighted by Gasteiger charge is -2.37. The van der Waals surface area contributed by atoms with Crippen molar-refractivity contribution in [3.05, 3.63) is 53.6 Å². The molecule has 3 N–H and O–H groups in total. The molecule has 1 atom stereocenters. The number of anilines is 2. The molecule has 234 valence electrons. The molecule has 0 saturated carbocycles. The van der Waals surface area contributed by atoms with Crippen LogP contribution in [0.15, 0.2) is 42.5 Å². The zero-order chi connectivity index (χ0) is 32.5. The number of carboxylic acid groups (broad SMARTS) is 1. The number of nitrogens with one attached hydrogen (secondary N) is 2. The number of benzene rings is 2. The fraction of sp³-hybridized carbons (Fsp3) is 0.407. The minimum absolute atomic E-state index is 0.0245. The average molecular weight is 619 g/mol. The third-order valence-corrected chi connectivity index (χ3v) is 6.73. The van der Waals surface area contributed by atoms with E-state index in [0.29, 0.717) is 5.69 Å². The number of para-hydroxylation sites is 1. The number of nitrogens with zero attached hydrogens (tertiary/aromatic N) is 2. The Labute approximate surface area is 241 Å². The van der Waals surface area contributed by atoms with Crippen LogP contribution in [-0.4, -0.2) is 69.9 Å². The molecule has 0 aliphatic carbocycles. The van der Waals surface area contributed by atoms with Gasteiger partial charge in [0.05, 0.1) is 12.8 Å². The number of aryl methyl sites for hydroxylation is 1. The number of hydrogen-bond donors (Lipinski definition) is 3. The summed E-state index contributed by atoms with van der Waals surface area (Å²) in [5.41, 5.74) is -4.54. The lowest BCUT2D eigenvalue weighted by Crippen LogP contribution is -2.69. The SMILES string of the molecule is COc1cc(CN2C(=O)N([C@@H](CC(C)C)C(=O)O)C(=O)C2(C(F)(F)F)C(F)(F)F)ccc1NC(=O)Nc1ccccc1C. The van der Waals surface area contributed by atoms with Crippen molar-refractivity contribution >= 4 is 35.3 Å². The summed E-state index contributed by atoms with van der Waals surface area (Å²) in [5.74, 6) is -5.52. The molecule has 1 heterocycles. The Kier molecular flexibility index (Phi) is 9.22. The smallest absolute Gasteiger partial charge is 0.430 e. The van der Waals surface area contributed by atoms with Gasteiger partial charge in [0.25, 0.3) is 5.91 Å². The molecule has 5 amide bonds. The predicted octanol–water partition coefficient (Wildman–Crippen LogP) is 5.77. The third kappa shape index (κ3) is 6.17. The second kappa shape index (κ2) is 12.0. The van der Waals surface area contributed by atoms with E-state index < -0.39 is 76.6 Å². The van der Waals surface area contributed by atoms with Gasteiger partial charge >= 0.3 is 35.9 Å². The number of aliphatic carboxylic acids is 1. The number of carbonyl (C=O) groups excluding carboxylic acids is 3. The van der Waals surface area contributed by atoms with Crippen molar-refractivity contribution in [1.82, 2.24) is 9.80 Å². The predicted molar refractivity (Wildman–Crippen MR) is 140 cm³/mol. The van der Waals surface area contributed by atoms with Crippen LogP contribution in [0.4, 0.5) is 47.3 Å². The summed E-state index contributed by atoms with van der Waals surface area (Å²) in [6.45, 7) is 3.16. The van der Waals surface area contributed by atoms with Gasteiger partial charge in [0.1, 0.15) is 11.8 Å². The van der Waals surface area contributed by atoms with E-state index in [0.717, 1.165) is 30.9 Å². The highest BCUT2D eigenvalue weighted by atomic mass is 19.4. The van der Waals surface area contributed by atoms with Crippen LogP contribution in [0.25, 0.3) is 0 Å². The topological polar surface area (TPSA) is 128 Å². The molecule has 1 aliphatic rings. The summed E-state index contributed by atoms with van der Waals surface area (Å²) >= 11 is 0. The number of carbonyl (C=O) groups is 4. The van der Waals surface area contributed by atoms with Gasteiger partial charge in [-0.2, -0.15) is 26.3 Å². The van der Waals surface area contributed by atoms with Gasteiger partial charge in [-0.15, -0.1) is 0 Å². The lowest BCUT2D eigenvalue weighted by atomic mass is 9.94. The highest BCUT2D eigenvalue weighted by Gasteiger charge is 2.84. The Bertz CT molecular complexity index is 1400. The summed E-state index contributed by atoms with van der Waals surface area (Å²) in [5, 5.41) is 14.6. The van der Waals surface area contributed by atoms with Gasteiger partial charge in [0, 0.05) is 12.2 Å². The number of alkyl halides is 6. The molecule has 2 aromatic carbocycles. The fourth-order valence-corrected chi connectivity index (χ4v) is 4.69. The van der Waals surface area contributed by atoms with Crippen LogP contribution in [0.5, 0.6) is 5.75 Å². The first-order chi connectivity index (χ1) is 19.9. The second-order valence-electron chi connectivity index (χ2n) is 10.2. The number of methoxy groups -OCH3 is 1. The number of hydrogen-bond acceptors (Lipinski definition) is 5. The molecule has 3 rings (SSSR count). The van der Waals surface area contributed by atoms with Crippen molar-refractivity contribution in [2.24, 2.45) is 5.92 Å². The molecule has 0 bridgehead atoms. The van der Waals surface area contributed by atoms with Crippen LogP contribution in [-0.2, 0) is 16.1 Å². The average Bonchev–Trinajstić information content (AvgIpc) is 3.10. The van der Waals surface area contributed by atoms with Crippen LogP contribution in [0.2, 0.25) is 0 Å². The third-order valence-electron chi connectivity index (χ3n) is 6.73. The lowest BCUT2D eigenvalue weighted by molar-refractivity contribution is -0.315. The van der Waals surface area contributed by atoms with Crippen molar-refractivity contribution in [2.75, 3.05) is 17.7 Å². The van der Waals surface area contributed by atoms with Crippen LogP contribution in [0.3, 0.4) is 0 Å². The molecule has 0 unspecified atom stereocenters. The van der Waals surface area contributed by atoms with Crippen molar-refractivity contribution in [3.63, 3.8) is 0 Å². The van der Waals surface area contributed by atoms with Gasteiger partial charge < -0.3 is 20.5 Å². The Balaban J connectivity index is 2.04. The Hall–Kier alpha value is -4.50. The number of ether oxygens (including phenoxy) is 1. The normalized spacial score (nSPS) is 16.0. The molecule has 1 saturated heterocycles. The first kappa shape index (κ1) is 33.0. The van der Waals surface area contributed by atoms with Gasteiger partial charge in [-0.05, 0) is 48.6 Å². The van der Waals surface area contributed by atoms with E-state index in [1.165, 1.54) is 13.8 Å². The summed E-state index contributed by atoms with van der Waals surface area (Å²) < 4.78 is 91.3. The van der Waals surface area contributed by atoms with E-state index >= 15 is 0 Å². The minimum atomic E-state index is -6.38. The van der Waals surface area contributed by atoms with Crippen LogP contribution in [0.1, 0.15) is 31.4 Å². The molecule has 0 radical (unpaired) electrons. The molecule has 0 spiro atoms. The summed E-state index contributed by atoms with van der Waals surface area (Å²) in [4.78, 5) is 49.4. The molecule has 16 heteroatoms. The van der Waals surface area contributed by atoms with Crippen LogP contribution < -0.4 is 15.4 Å². The maximum absolute atomic E-state index is 14.4. The second-order valence-corrected chi connectivity index (χ2v) is 10.2. The summed E-state index contributed by atoms with van der Waals surface area (Å²) in [7, 11) is 1.12. The molecule has 2 aromatic rings. The van der Waals surface area contributed by atoms with E-state index in [-0.39, 0.29) is 17.0 Å².